The Balaban J connectivity index is 1.52. The summed E-state index contributed by atoms with van der Waals surface area (Å²) in [6, 6.07) is 7.38. The predicted octanol–water partition coefficient (Wildman–Crippen LogP) is 3.49. The van der Waals surface area contributed by atoms with E-state index < -0.39 is 0 Å². The largest absolute Gasteiger partial charge is 0.481 e. The van der Waals surface area contributed by atoms with Gasteiger partial charge in [-0.1, -0.05) is 23.7 Å². The molecule has 0 unspecified atom stereocenters. The van der Waals surface area contributed by atoms with Crippen molar-refractivity contribution in [3.8, 4) is 5.75 Å². The number of pyridine rings is 1. The van der Waals surface area contributed by atoms with Crippen LogP contribution in [0.4, 0.5) is 0 Å². The summed E-state index contributed by atoms with van der Waals surface area (Å²) >= 11 is 6.21. The molecule has 1 aromatic carbocycles. The minimum absolute atomic E-state index is 0.0402. The molecule has 0 radical (unpaired) electrons. The molecule has 0 spiro atoms. The van der Waals surface area contributed by atoms with Crippen molar-refractivity contribution in [3.05, 3.63) is 47.2 Å². The maximum absolute atomic E-state index is 6.21. The molecular weight excluding hydrogens is 340 g/mol. The molecule has 0 atom stereocenters. The van der Waals surface area contributed by atoms with Crippen LogP contribution in [0.2, 0.25) is 5.02 Å². The van der Waals surface area contributed by atoms with Crippen LogP contribution < -0.4 is 10.1 Å². The number of halogens is 1. The van der Waals surface area contributed by atoms with Crippen LogP contribution in [0, 0.1) is 0 Å². The summed E-state index contributed by atoms with van der Waals surface area (Å²) in [7, 11) is 0. The molecule has 0 saturated carbocycles. The first kappa shape index (κ1) is 16.3. The molecule has 3 heterocycles. The van der Waals surface area contributed by atoms with E-state index in [1.165, 1.54) is 0 Å². The zero-order chi connectivity index (χ0) is 17.3. The molecule has 3 aromatic rings. The van der Waals surface area contributed by atoms with E-state index in [9.17, 15) is 0 Å². The van der Waals surface area contributed by atoms with Crippen LogP contribution in [0.15, 0.2) is 35.0 Å². The summed E-state index contributed by atoms with van der Waals surface area (Å²) in [5.41, 5.74) is 0.682. The maximum atomic E-state index is 6.21. The average Bonchev–Trinajstić information content (AvgIpc) is 3.12. The van der Waals surface area contributed by atoms with Gasteiger partial charge in [-0.3, -0.25) is 4.98 Å². The molecule has 1 saturated heterocycles. The number of piperidine rings is 1. The molecule has 1 N–H and O–H groups in total. The third-order valence-electron chi connectivity index (χ3n) is 4.75. The van der Waals surface area contributed by atoms with Gasteiger partial charge in [-0.05, 0) is 50.2 Å². The monoisotopic (exact) mass is 358 g/mol. The Hall–Kier alpha value is -2.18. The lowest BCUT2D eigenvalue weighted by Crippen LogP contribution is -2.38. The zero-order valence-electron chi connectivity index (χ0n) is 14.0. The lowest BCUT2D eigenvalue weighted by molar-refractivity contribution is 0.242. The van der Waals surface area contributed by atoms with Crippen molar-refractivity contribution in [2.45, 2.75) is 31.8 Å². The number of rotatable bonds is 4. The topological polar surface area (TPSA) is 73.1 Å². The van der Waals surface area contributed by atoms with E-state index in [0.717, 1.165) is 42.7 Å². The molecule has 0 amide bonds. The molecule has 1 aliphatic rings. The Morgan fingerprint density at radius 3 is 2.96 bits per heavy atom. The Kier molecular flexibility index (Phi) is 4.31. The number of hydrogen-bond donors (Lipinski definition) is 1. The van der Waals surface area contributed by atoms with Crippen molar-refractivity contribution in [2.24, 2.45) is 0 Å². The fraction of sp³-hybridized carbons (Fsp3) is 0.389. The van der Waals surface area contributed by atoms with Crippen LogP contribution in [-0.4, -0.2) is 28.2 Å². The van der Waals surface area contributed by atoms with Gasteiger partial charge < -0.3 is 14.6 Å². The molecule has 6 nitrogen and oxygen atoms in total. The Morgan fingerprint density at radius 2 is 2.12 bits per heavy atom. The van der Waals surface area contributed by atoms with Crippen molar-refractivity contribution in [3.63, 3.8) is 0 Å². The number of nitrogens with zero attached hydrogens (tertiary/aromatic N) is 3. The molecule has 1 fully saturated rings. The van der Waals surface area contributed by atoms with E-state index in [2.05, 4.69) is 27.4 Å². The highest BCUT2D eigenvalue weighted by molar-refractivity contribution is 6.35. The first-order valence-corrected chi connectivity index (χ1v) is 8.73. The van der Waals surface area contributed by atoms with Crippen molar-refractivity contribution in [1.82, 2.24) is 20.4 Å². The van der Waals surface area contributed by atoms with E-state index in [1.807, 2.05) is 18.2 Å². The third-order valence-corrected chi connectivity index (χ3v) is 5.08. The second-order valence-electron chi connectivity index (χ2n) is 6.56. The summed E-state index contributed by atoms with van der Waals surface area (Å²) in [6.07, 6.45) is 3.71. The fourth-order valence-electron chi connectivity index (χ4n) is 3.13. The van der Waals surface area contributed by atoms with Crippen molar-refractivity contribution < 1.29 is 9.26 Å². The van der Waals surface area contributed by atoms with E-state index in [4.69, 9.17) is 20.9 Å². The summed E-state index contributed by atoms with van der Waals surface area (Å²) in [4.78, 5) is 8.90. The molecule has 25 heavy (non-hydrogen) atoms. The normalized spacial score (nSPS) is 16.9. The number of nitrogens with one attached hydrogen (secondary N) is 1. The number of benzene rings is 1. The van der Waals surface area contributed by atoms with Crippen LogP contribution in [0.3, 0.4) is 0 Å². The molecule has 0 bridgehead atoms. The van der Waals surface area contributed by atoms with Crippen LogP contribution in [0.5, 0.6) is 5.75 Å². The number of fused-ring (bicyclic) bond motifs is 1. The lowest BCUT2D eigenvalue weighted by atomic mass is 9.80. The van der Waals surface area contributed by atoms with Crippen LogP contribution >= 0.6 is 11.6 Å². The van der Waals surface area contributed by atoms with Gasteiger partial charge in [-0.15, -0.1) is 0 Å². The zero-order valence-corrected chi connectivity index (χ0v) is 14.7. The van der Waals surface area contributed by atoms with E-state index in [1.54, 1.807) is 12.3 Å². The summed E-state index contributed by atoms with van der Waals surface area (Å²) < 4.78 is 11.3. The van der Waals surface area contributed by atoms with Crippen molar-refractivity contribution in [2.75, 3.05) is 13.1 Å². The van der Waals surface area contributed by atoms with Gasteiger partial charge in [0.1, 0.15) is 11.3 Å². The Labute approximate surface area is 150 Å². The van der Waals surface area contributed by atoms with Crippen LogP contribution in [0.25, 0.3) is 10.9 Å². The Bertz CT molecular complexity index is 890. The van der Waals surface area contributed by atoms with Gasteiger partial charge in [0.05, 0.1) is 5.02 Å². The number of ether oxygens (including phenoxy) is 1. The lowest BCUT2D eigenvalue weighted by Gasteiger charge is -2.30. The molecule has 0 aliphatic carbocycles. The van der Waals surface area contributed by atoms with Gasteiger partial charge in [0, 0.05) is 17.0 Å². The van der Waals surface area contributed by atoms with Crippen LogP contribution in [-0.2, 0) is 12.0 Å². The van der Waals surface area contributed by atoms with Gasteiger partial charge in [0.15, 0.2) is 12.4 Å². The second-order valence-corrected chi connectivity index (χ2v) is 6.96. The third kappa shape index (κ3) is 3.19. The standard InChI is InChI=1S/C18H19ClN4O2/c1-18(6-9-20-10-7-18)17-22-15(25-23-17)11-24-14-5-4-13(19)12-3-2-8-21-16(12)14/h2-5,8,20H,6-7,9-11H2,1H3. The van der Waals surface area contributed by atoms with E-state index in [-0.39, 0.29) is 12.0 Å². The smallest absolute Gasteiger partial charge is 0.264 e. The first-order chi connectivity index (χ1) is 12.2. The highest BCUT2D eigenvalue weighted by Gasteiger charge is 2.33. The molecule has 130 valence electrons. The van der Waals surface area contributed by atoms with Crippen molar-refractivity contribution in [1.29, 1.82) is 0 Å². The highest BCUT2D eigenvalue weighted by atomic mass is 35.5. The Morgan fingerprint density at radius 1 is 1.28 bits per heavy atom. The minimum atomic E-state index is -0.0402. The summed E-state index contributed by atoms with van der Waals surface area (Å²) in [6.45, 7) is 4.33. The van der Waals surface area contributed by atoms with Gasteiger partial charge in [-0.2, -0.15) is 4.98 Å². The first-order valence-electron chi connectivity index (χ1n) is 8.35. The van der Waals surface area contributed by atoms with E-state index in [0.29, 0.717) is 16.7 Å². The van der Waals surface area contributed by atoms with Crippen molar-refractivity contribution >= 4 is 22.5 Å². The van der Waals surface area contributed by atoms with Gasteiger partial charge in [0.25, 0.3) is 5.89 Å². The highest BCUT2D eigenvalue weighted by Crippen LogP contribution is 2.32. The second kappa shape index (κ2) is 6.61. The van der Waals surface area contributed by atoms with Gasteiger partial charge in [0.2, 0.25) is 0 Å². The quantitative estimate of drug-likeness (QED) is 0.769. The summed E-state index contributed by atoms with van der Waals surface area (Å²) in [5.74, 6) is 1.87. The molecule has 7 heteroatoms. The molecule has 1 aliphatic heterocycles. The van der Waals surface area contributed by atoms with Gasteiger partial charge >= 0.3 is 0 Å². The fourth-order valence-corrected chi connectivity index (χ4v) is 3.34. The molecule has 2 aromatic heterocycles. The average molecular weight is 359 g/mol. The van der Waals surface area contributed by atoms with E-state index >= 15 is 0 Å². The maximum Gasteiger partial charge on any atom is 0.264 e. The predicted molar refractivity (Wildman–Crippen MR) is 94.8 cm³/mol. The summed E-state index contributed by atoms with van der Waals surface area (Å²) in [5, 5.41) is 9.03. The SMILES string of the molecule is CC1(c2noc(COc3ccc(Cl)c4cccnc34)n2)CCNCC1. The minimum Gasteiger partial charge on any atom is -0.481 e. The molecular formula is C18H19ClN4O2. The molecule has 4 rings (SSSR count). The van der Waals surface area contributed by atoms with Crippen LogP contribution in [0.1, 0.15) is 31.5 Å². The number of aromatic nitrogens is 3. The number of hydrogen-bond acceptors (Lipinski definition) is 6. The van der Waals surface area contributed by atoms with Gasteiger partial charge in [-0.25, -0.2) is 0 Å².